The van der Waals surface area contributed by atoms with Crippen LogP contribution in [-0.2, 0) is 27.7 Å². The molecular weight excluding hydrogens is 448 g/mol. The van der Waals surface area contributed by atoms with Gasteiger partial charge in [-0.2, -0.15) is 0 Å². The van der Waals surface area contributed by atoms with Gasteiger partial charge in [-0.1, -0.05) is 42.5 Å². The van der Waals surface area contributed by atoms with Crippen LogP contribution < -0.4 is 10.3 Å². The molecule has 0 atom stereocenters. The second-order valence-electron chi connectivity index (χ2n) is 7.50. The third-order valence-corrected chi connectivity index (χ3v) is 6.84. The molecular formula is C22H16N4O6S. The van der Waals surface area contributed by atoms with E-state index in [1.165, 1.54) is 28.7 Å². The summed E-state index contributed by atoms with van der Waals surface area (Å²) in [6.45, 7) is 0. The molecule has 0 fully saturated rings. The lowest BCUT2D eigenvalue weighted by Crippen LogP contribution is -2.32. The first kappa shape index (κ1) is 20.6. The Morgan fingerprint density at radius 2 is 1.79 bits per heavy atom. The number of hydrogen-bond acceptors (Lipinski definition) is 6. The van der Waals surface area contributed by atoms with Gasteiger partial charge in [0, 0.05) is 12.0 Å². The van der Waals surface area contributed by atoms with E-state index < -0.39 is 39.6 Å². The van der Waals surface area contributed by atoms with E-state index in [-0.39, 0.29) is 16.2 Å². The summed E-state index contributed by atoms with van der Waals surface area (Å²) >= 11 is 0. The van der Waals surface area contributed by atoms with Crippen molar-refractivity contribution in [2.75, 3.05) is 0 Å². The van der Waals surface area contributed by atoms with Gasteiger partial charge < -0.3 is 10.1 Å². The zero-order valence-electron chi connectivity index (χ0n) is 16.9. The fraction of sp³-hybridized carbons (Fsp3) is 0.0909. The van der Waals surface area contributed by atoms with Gasteiger partial charge in [-0.15, -0.1) is 0 Å². The summed E-state index contributed by atoms with van der Waals surface area (Å²) in [4.78, 5) is 43.9. The number of carbonyl (C=O) groups is 2. The fourth-order valence-electron chi connectivity index (χ4n) is 4.07. The number of imidazole rings is 1. The number of aromatic carboxylic acids is 1. The molecule has 1 aliphatic carbocycles. The Labute approximate surface area is 186 Å². The first-order chi connectivity index (χ1) is 15.8. The molecule has 0 spiro atoms. The molecule has 2 aromatic carbocycles. The number of carboxylic acids is 1. The van der Waals surface area contributed by atoms with Gasteiger partial charge >= 0.3 is 5.97 Å². The Kier molecular flexibility index (Phi) is 4.64. The molecule has 166 valence electrons. The van der Waals surface area contributed by atoms with Crippen LogP contribution >= 0.6 is 0 Å². The highest BCUT2D eigenvalue weighted by molar-refractivity contribution is 7.90. The smallest absolute Gasteiger partial charge is 0.356 e. The highest BCUT2D eigenvalue weighted by atomic mass is 32.2. The molecule has 0 bridgehead atoms. The molecule has 0 unspecified atom stereocenters. The SMILES string of the molecule is O=C(Cc1c(C(=O)O)nc2c(=O)[nH]c3c(n12)Cc1ccccc1-3)NS(=O)(=O)c1ccccc1. The van der Waals surface area contributed by atoms with Crippen molar-refractivity contribution in [1.82, 2.24) is 19.1 Å². The van der Waals surface area contributed by atoms with Crippen molar-refractivity contribution in [3.8, 4) is 11.3 Å². The molecule has 2 heterocycles. The van der Waals surface area contributed by atoms with Crippen LogP contribution in [0, 0.1) is 0 Å². The molecule has 1 amide bonds. The topological polar surface area (TPSA) is 151 Å². The molecule has 0 radical (unpaired) electrons. The standard InChI is InChI=1S/C22H16N4O6S/c27-17(25-33(31,32)13-7-2-1-3-8-13)11-16-19(22(29)30)23-20-21(28)24-18-14-9-5-4-6-12(14)10-15(18)26(16)20/h1-9H,10-11H2,(H,24,28)(H,25,27)(H,29,30). The van der Waals surface area contributed by atoms with E-state index in [9.17, 15) is 27.9 Å². The molecule has 11 heteroatoms. The minimum absolute atomic E-state index is 0.0755. The minimum atomic E-state index is -4.16. The largest absolute Gasteiger partial charge is 0.476 e. The van der Waals surface area contributed by atoms with E-state index in [2.05, 4.69) is 9.97 Å². The molecule has 3 N–H and O–H groups in total. The van der Waals surface area contributed by atoms with Crippen LogP contribution in [0.5, 0.6) is 0 Å². The molecule has 0 aliphatic heterocycles. The monoisotopic (exact) mass is 464 g/mol. The van der Waals surface area contributed by atoms with Gasteiger partial charge in [0.2, 0.25) is 11.6 Å². The number of amides is 1. The van der Waals surface area contributed by atoms with E-state index >= 15 is 0 Å². The van der Waals surface area contributed by atoms with Gasteiger partial charge in [-0.25, -0.2) is 22.9 Å². The van der Waals surface area contributed by atoms with Crippen LogP contribution in [0.1, 0.15) is 27.4 Å². The van der Waals surface area contributed by atoms with Gasteiger partial charge in [0.25, 0.3) is 15.6 Å². The zero-order chi connectivity index (χ0) is 23.3. The Bertz CT molecular complexity index is 1620. The number of carbonyl (C=O) groups excluding carboxylic acids is 1. The number of aromatic amines is 1. The number of hydrogen-bond donors (Lipinski definition) is 3. The number of H-pyrrole nitrogens is 1. The Balaban J connectivity index is 1.61. The number of nitrogens with one attached hydrogen (secondary N) is 2. The molecule has 0 saturated heterocycles. The number of fused-ring (bicyclic) bond motifs is 5. The Morgan fingerprint density at radius 1 is 1.09 bits per heavy atom. The van der Waals surface area contributed by atoms with Gasteiger partial charge in [0.05, 0.1) is 28.4 Å². The number of carboxylic acid groups (broad SMARTS) is 1. The number of benzene rings is 2. The van der Waals surface area contributed by atoms with Crippen LogP contribution in [0.4, 0.5) is 0 Å². The van der Waals surface area contributed by atoms with Crippen LogP contribution in [0.15, 0.2) is 64.3 Å². The maximum atomic E-state index is 12.7. The summed E-state index contributed by atoms with van der Waals surface area (Å²) in [6.07, 6.45) is -0.230. The van der Waals surface area contributed by atoms with Gasteiger partial charge in [-0.05, 0) is 17.7 Å². The molecule has 33 heavy (non-hydrogen) atoms. The van der Waals surface area contributed by atoms with Gasteiger partial charge in [0.1, 0.15) is 0 Å². The average Bonchev–Trinajstić information content (AvgIpc) is 3.33. The lowest BCUT2D eigenvalue weighted by Gasteiger charge is -2.10. The Hall–Kier alpha value is -4.25. The summed E-state index contributed by atoms with van der Waals surface area (Å²) < 4.78 is 28.3. The number of rotatable bonds is 5. The number of nitrogens with zero attached hydrogens (tertiary/aromatic N) is 2. The van der Waals surface area contributed by atoms with E-state index in [1.54, 1.807) is 6.07 Å². The van der Waals surface area contributed by atoms with E-state index in [4.69, 9.17) is 0 Å². The van der Waals surface area contributed by atoms with Crippen LogP contribution in [0.3, 0.4) is 0 Å². The molecule has 2 aromatic heterocycles. The zero-order valence-corrected chi connectivity index (χ0v) is 17.7. The van der Waals surface area contributed by atoms with Gasteiger partial charge in [-0.3, -0.25) is 14.0 Å². The average molecular weight is 464 g/mol. The highest BCUT2D eigenvalue weighted by Crippen LogP contribution is 2.35. The van der Waals surface area contributed by atoms with Crippen molar-refractivity contribution in [2.45, 2.75) is 17.7 Å². The third kappa shape index (κ3) is 3.38. The first-order valence-corrected chi connectivity index (χ1v) is 11.3. The van der Waals surface area contributed by atoms with Crippen molar-refractivity contribution in [3.05, 3.63) is 87.6 Å². The van der Waals surface area contributed by atoms with Crippen LogP contribution in [0.2, 0.25) is 0 Å². The van der Waals surface area contributed by atoms with Gasteiger partial charge in [0.15, 0.2) is 5.69 Å². The summed E-state index contributed by atoms with van der Waals surface area (Å²) in [7, 11) is -4.16. The van der Waals surface area contributed by atoms with Crippen molar-refractivity contribution < 1.29 is 23.1 Å². The first-order valence-electron chi connectivity index (χ1n) is 9.85. The van der Waals surface area contributed by atoms with Crippen LogP contribution in [0.25, 0.3) is 16.9 Å². The van der Waals surface area contributed by atoms with Crippen molar-refractivity contribution in [1.29, 1.82) is 0 Å². The minimum Gasteiger partial charge on any atom is -0.476 e. The van der Waals surface area contributed by atoms with Crippen molar-refractivity contribution in [2.24, 2.45) is 0 Å². The number of aromatic nitrogens is 3. The maximum Gasteiger partial charge on any atom is 0.356 e. The molecule has 5 rings (SSSR count). The van der Waals surface area contributed by atoms with E-state index in [0.717, 1.165) is 11.1 Å². The predicted molar refractivity (Wildman–Crippen MR) is 116 cm³/mol. The molecule has 0 saturated carbocycles. The second kappa shape index (κ2) is 7.41. The molecule has 10 nitrogen and oxygen atoms in total. The third-order valence-electron chi connectivity index (χ3n) is 5.45. The fourth-order valence-corrected chi connectivity index (χ4v) is 5.08. The van der Waals surface area contributed by atoms with Crippen molar-refractivity contribution >= 4 is 27.5 Å². The van der Waals surface area contributed by atoms with E-state index in [0.29, 0.717) is 17.8 Å². The summed E-state index contributed by atoms with van der Waals surface area (Å²) in [5, 5.41) is 9.67. The predicted octanol–water partition coefficient (Wildman–Crippen LogP) is 1.34. The number of sulfonamides is 1. The summed E-state index contributed by atoms with van der Waals surface area (Å²) in [5.74, 6) is -2.39. The molecule has 4 aromatic rings. The van der Waals surface area contributed by atoms with E-state index in [1.807, 2.05) is 29.0 Å². The maximum absolute atomic E-state index is 12.7. The lowest BCUT2D eigenvalue weighted by molar-refractivity contribution is -0.118. The lowest BCUT2D eigenvalue weighted by atomic mass is 10.1. The second-order valence-corrected chi connectivity index (χ2v) is 9.18. The van der Waals surface area contributed by atoms with Crippen molar-refractivity contribution in [3.63, 3.8) is 0 Å². The molecule has 1 aliphatic rings. The summed E-state index contributed by atoms with van der Waals surface area (Å²) in [5.41, 5.74) is 1.44. The Morgan fingerprint density at radius 3 is 2.52 bits per heavy atom. The van der Waals surface area contributed by atoms with Crippen LogP contribution in [-0.4, -0.2) is 39.8 Å². The normalized spacial score (nSPS) is 12.4. The summed E-state index contributed by atoms with van der Waals surface area (Å²) in [6, 6.07) is 14.7. The highest BCUT2D eigenvalue weighted by Gasteiger charge is 2.30. The quantitative estimate of drug-likeness (QED) is 0.355.